The van der Waals surface area contributed by atoms with Crippen molar-refractivity contribution in [3.05, 3.63) is 30.3 Å². The maximum Gasteiger partial charge on any atom is 0.240 e. The van der Waals surface area contributed by atoms with Crippen LogP contribution in [0.25, 0.3) is 0 Å². The monoisotopic (exact) mass is 268 g/mol. The molecule has 1 unspecified atom stereocenters. The highest BCUT2D eigenvalue weighted by Gasteiger charge is 2.24. The lowest BCUT2D eigenvalue weighted by atomic mass is 9.92. The summed E-state index contributed by atoms with van der Waals surface area (Å²) < 4.78 is 27.1. The Bertz CT molecular complexity index is 467. The minimum absolute atomic E-state index is 0.0164. The minimum Gasteiger partial charge on any atom is -0.317 e. The van der Waals surface area contributed by atoms with Crippen LogP contribution in [0.1, 0.15) is 19.8 Å². The summed E-state index contributed by atoms with van der Waals surface area (Å²) in [6.45, 7) is 3.90. The molecule has 0 aromatic heterocycles. The molecule has 1 aliphatic heterocycles. The number of benzene rings is 1. The van der Waals surface area contributed by atoms with Crippen molar-refractivity contribution in [1.82, 2.24) is 10.0 Å². The van der Waals surface area contributed by atoms with E-state index in [0.717, 1.165) is 25.9 Å². The molecule has 0 bridgehead atoms. The maximum absolute atomic E-state index is 12.2. The van der Waals surface area contributed by atoms with E-state index >= 15 is 0 Å². The Morgan fingerprint density at radius 2 is 1.83 bits per heavy atom. The molecule has 1 fully saturated rings. The highest BCUT2D eigenvalue weighted by molar-refractivity contribution is 7.89. The Labute approximate surface area is 109 Å². The van der Waals surface area contributed by atoms with Crippen molar-refractivity contribution in [2.75, 3.05) is 13.1 Å². The average molecular weight is 268 g/mol. The predicted molar refractivity (Wildman–Crippen MR) is 71.8 cm³/mol. The number of hydrogen-bond donors (Lipinski definition) is 2. The number of hydrogen-bond acceptors (Lipinski definition) is 3. The van der Waals surface area contributed by atoms with E-state index in [4.69, 9.17) is 0 Å². The first kappa shape index (κ1) is 13.5. The molecule has 0 saturated carbocycles. The molecule has 5 heteroatoms. The fourth-order valence-electron chi connectivity index (χ4n) is 2.35. The highest BCUT2D eigenvalue weighted by Crippen LogP contribution is 2.18. The summed E-state index contributed by atoms with van der Waals surface area (Å²) in [5.41, 5.74) is 0. The van der Waals surface area contributed by atoms with Gasteiger partial charge in [0.1, 0.15) is 0 Å². The van der Waals surface area contributed by atoms with Crippen LogP contribution in [0.15, 0.2) is 35.2 Å². The van der Waals surface area contributed by atoms with Crippen molar-refractivity contribution in [1.29, 1.82) is 0 Å². The summed E-state index contributed by atoms with van der Waals surface area (Å²) in [7, 11) is -3.38. The van der Waals surface area contributed by atoms with Crippen LogP contribution in [0.5, 0.6) is 0 Å². The zero-order valence-electron chi connectivity index (χ0n) is 10.6. The van der Waals surface area contributed by atoms with Gasteiger partial charge >= 0.3 is 0 Å². The van der Waals surface area contributed by atoms with Gasteiger partial charge in [0.2, 0.25) is 10.0 Å². The number of rotatable bonds is 4. The van der Waals surface area contributed by atoms with Crippen LogP contribution in [0.2, 0.25) is 0 Å². The first-order valence-electron chi connectivity index (χ1n) is 6.38. The zero-order valence-corrected chi connectivity index (χ0v) is 11.4. The second kappa shape index (κ2) is 5.82. The van der Waals surface area contributed by atoms with Gasteiger partial charge in [0.25, 0.3) is 0 Å². The smallest absolute Gasteiger partial charge is 0.240 e. The van der Waals surface area contributed by atoms with Crippen molar-refractivity contribution in [3.8, 4) is 0 Å². The molecule has 1 aromatic rings. The fourth-order valence-corrected chi connectivity index (χ4v) is 3.69. The fraction of sp³-hybridized carbons (Fsp3) is 0.538. The first-order chi connectivity index (χ1) is 8.59. The van der Waals surface area contributed by atoms with E-state index in [0.29, 0.717) is 10.8 Å². The summed E-state index contributed by atoms with van der Waals surface area (Å²) in [4.78, 5) is 0.339. The quantitative estimate of drug-likeness (QED) is 0.866. The van der Waals surface area contributed by atoms with Gasteiger partial charge in [0.15, 0.2) is 0 Å². The summed E-state index contributed by atoms with van der Waals surface area (Å²) >= 11 is 0. The van der Waals surface area contributed by atoms with Gasteiger partial charge in [-0.1, -0.05) is 18.2 Å². The molecule has 100 valence electrons. The Balaban J connectivity index is 2.04. The third-order valence-electron chi connectivity index (χ3n) is 3.49. The van der Waals surface area contributed by atoms with Crippen LogP contribution in [-0.2, 0) is 10.0 Å². The molecular formula is C13H20N2O2S. The van der Waals surface area contributed by atoms with Gasteiger partial charge in [-0.15, -0.1) is 0 Å². The Kier molecular flexibility index (Phi) is 4.37. The molecule has 0 aliphatic carbocycles. The van der Waals surface area contributed by atoms with Gasteiger partial charge in [-0.3, -0.25) is 0 Å². The summed E-state index contributed by atoms with van der Waals surface area (Å²) in [5, 5.41) is 3.29. The van der Waals surface area contributed by atoms with Gasteiger partial charge in [-0.25, -0.2) is 13.1 Å². The van der Waals surface area contributed by atoms with Crippen molar-refractivity contribution in [2.45, 2.75) is 30.7 Å². The van der Waals surface area contributed by atoms with Gasteiger partial charge in [-0.2, -0.15) is 0 Å². The molecule has 18 heavy (non-hydrogen) atoms. The number of nitrogens with one attached hydrogen (secondary N) is 2. The average Bonchev–Trinajstić information content (AvgIpc) is 2.40. The van der Waals surface area contributed by atoms with E-state index in [1.165, 1.54) is 0 Å². The third kappa shape index (κ3) is 3.31. The maximum atomic E-state index is 12.2. The molecule has 4 nitrogen and oxygen atoms in total. The van der Waals surface area contributed by atoms with Crippen LogP contribution >= 0.6 is 0 Å². The Morgan fingerprint density at radius 1 is 1.22 bits per heavy atom. The van der Waals surface area contributed by atoms with Crippen LogP contribution < -0.4 is 10.0 Å². The second-order valence-electron chi connectivity index (χ2n) is 4.81. The molecule has 2 rings (SSSR count). The molecule has 1 aromatic carbocycles. The lowest BCUT2D eigenvalue weighted by Gasteiger charge is -2.28. The van der Waals surface area contributed by atoms with Crippen molar-refractivity contribution in [3.63, 3.8) is 0 Å². The standard InChI is InChI=1S/C13H20N2O2S/c1-11(12-7-9-14-10-8-12)15-18(16,17)13-5-3-2-4-6-13/h2-6,11-12,14-15H,7-10H2,1H3. The topological polar surface area (TPSA) is 58.2 Å². The molecule has 1 heterocycles. The minimum atomic E-state index is -3.38. The molecule has 0 amide bonds. The Hall–Kier alpha value is -0.910. The van der Waals surface area contributed by atoms with E-state index in [1.54, 1.807) is 24.3 Å². The molecule has 0 radical (unpaired) electrons. The van der Waals surface area contributed by atoms with Gasteiger partial charge in [-0.05, 0) is 50.9 Å². The SMILES string of the molecule is CC(NS(=O)(=O)c1ccccc1)C1CCNCC1. The van der Waals surface area contributed by atoms with Crippen LogP contribution in [0, 0.1) is 5.92 Å². The van der Waals surface area contributed by atoms with Crippen molar-refractivity contribution >= 4 is 10.0 Å². The van der Waals surface area contributed by atoms with E-state index in [1.807, 2.05) is 13.0 Å². The normalized spacial score (nSPS) is 19.6. The highest BCUT2D eigenvalue weighted by atomic mass is 32.2. The van der Waals surface area contributed by atoms with Gasteiger partial charge < -0.3 is 5.32 Å². The molecule has 2 N–H and O–H groups in total. The van der Waals surface area contributed by atoms with E-state index < -0.39 is 10.0 Å². The lowest BCUT2D eigenvalue weighted by Crippen LogP contribution is -2.42. The third-order valence-corrected chi connectivity index (χ3v) is 5.06. The van der Waals surface area contributed by atoms with Gasteiger partial charge in [0.05, 0.1) is 4.90 Å². The zero-order chi connectivity index (χ0) is 13.0. The Morgan fingerprint density at radius 3 is 2.44 bits per heavy atom. The van der Waals surface area contributed by atoms with Gasteiger partial charge in [0, 0.05) is 6.04 Å². The summed E-state index contributed by atoms with van der Waals surface area (Å²) in [5.74, 6) is 0.421. The number of sulfonamides is 1. The molecule has 0 spiro atoms. The van der Waals surface area contributed by atoms with E-state index in [2.05, 4.69) is 10.0 Å². The molecule has 1 atom stereocenters. The molecule has 1 saturated heterocycles. The van der Waals surface area contributed by atoms with E-state index in [-0.39, 0.29) is 6.04 Å². The summed E-state index contributed by atoms with van der Waals surface area (Å²) in [6, 6.07) is 8.52. The van der Waals surface area contributed by atoms with E-state index in [9.17, 15) is 8.42 Å². The first-order valence-corrected chi connectivity index (χ1v) is 7.86. The molecule has 1 aliphatic rings. The van der Waals surface area contributed by atoms with Crippen LogP contribution in [0.3, 0.4) is 0 Å². The largest absolute Gasteiger partial charge is 0.317 e. The lowest BCUT2D eigenvalue weighted by molar-refractivity contribution is 0.316. The number of piperidine rings is 1. The molecular weight excluding hydrogens is 248 g/mol. The van der Waals surface area contributed by atoms with Crippen LogP contribution in [-0.4, -0.2) is 27.5 Å². The van der Waals surface area contributed by atoms with Crippen LogP contribution in [0.4, 0.5) is 0 Å². The summed E-state index contributed by atoms with van der Waals surface area (Å²) in [6.07, 6.45) is 2.05. The predicted octanol–water partition coefficient (Wildman–Crippen LogP) is 1.35. The second-order valence-corrected chi connectivity index (χ2v) is 6.52. The van der Waals surface area contributed by atoms with Crippen molar-refractivity contribution in [2.24, 2.45) is 5.92 Å². The van der Waals surface area contributed by atoms with Crippen molar-refractivity contribution < 1.29 is 8.42 Å².